The third kappa shape index (κ3) is 4.60. The molecule has 0 spiro atoms. The first kappa shape index (κ1) is 29.4. The molecule has 0 aliphatic rings. The maximum atomic E-state index is 16.0. The Balaban J connectivity index is 1.33. The Bertz CT molecular complexity index is 2720. The number of hydrogen-bond acceptors (Lipinski definition) is 6. The van der Waals surface area contributed by atoms with Crippen molar-refractivity contribution in [3.05, 3.63) is 110 Å². The van der Waals surface area contributed by atoms with E-state index in [1.165, 1.54) is 19.2 Å². The molecule has 48 heavy (non-hydrogen) atoms. The van der Waals surface area contributed by atoms with Gasteiger partial charge in [0.2, 0.25) is 11.1 Å². The molecule has 3 N–H and O–H groups in total. The third-order valence-electron chi connectivity index (χ3n) is 8.59. The van der Waals surface area contributed by atoms with Crippen LogP contribution in [0.4, 0.5) is 4.39 Å². The van der Waals surface area contributed by atoms with Crippen LogP contribution in [0.2, 0.25) is 5.02 Å². The Hall–Kier alpha value is -6.00. The molecule has 0 fully saturated rings. The van der Waals surface area contributed by atoms with Gasteiger partial charge in [-0.05, 0) is 71.8 Å². The van der Waals surface area contributed by atoms with Gasteiger partial charge in [-0.2, -0.15) is 0 Å². The van der Waals surface area contributed by atoms with Gasteiger partial charge in [-0.3, -0.25) is 9.59 Å². The molecule has 238 valence electrons. The summed E-state index contributed by atoms with van der Waals surface area (Å²) in [4.78, 5) is 34.8. The highest BCUT2D eigenvalue weighted by molar-refractivity contribution is 6.31. The second-order valence-electron chi connectivity index (χ2n) is 11.3. The van der Waals surface area contributed by atoms with E-state index in [9.17, 15) is 9.59 Å². The second-order valence-corrected chi connectivity index (χ2v) is 11.7. The lowest BCUT2D eigenvalue weighted by Crippen LogP contribution is -2.05. The van der Waals surface area contributed by atoms with Crippen molar-refractivity contribution in [2.24, 2.45) is 0 Å². The van der Waals surface area contributed by atoms with Crippen LogP contribution in [0, 0.1) is 5.82 Å². The smallest absolute Gasteiger partial charge is 0.249 e. The molecule has 11 heteroatoms. The number of benzene rings is 4. The van der Waals surface area contributed by atoms with Gasteiger partial charge in [-0.1, -0.05) is 17.7 Å². The molecule has 0 amide bonds. The van der Waals surface area contributed by atoms with Gasteiger partial charge < -0.3 is 33.6 Å². The average molecular weight is 662 g/mol. The minimum absolute atomic E-state index is 0.00322. The van der Waals surface area contributed by atoms with Crippen molar-refractivity contribution in [2.45, 2.75) is 0 Å². The van der Waals surface area contributed by atoms with Crippen molar-refractivity contribution in [1.29, 1.82) is 0 Å². The van der Waals surface area contributed by atoms with Crippen LogP contribution in [0.1, 0.15) is 0 Å². The monoisotopic (exact) mass is 661 g/mol. The van der Waals surface area contributed by atoms with Crippen molar-refractivity contribution in [1.82, 2.24) is 15.0 Å². The van der Waals surface area contributed by atoms with E-state index in [-0.39, 0.29) is 16.9 Å². The van der Waals surface area contributed by atoms with Crippen LogP contribution < -0.4 is 25.3 Å². The Labute approximate surface area is 275 Å². The number of halogens is 2. The van der Waals surface area contributed by atoms with Gasteiger partial charge in [0, 0.05) is 55.7 Å². The van der Waals surface area contributed by atoms with Crippen LogP contribution in [0.5, 0.6) is 17.2 Å². The number of fused-ring (bicyclic) bond motifs is 6. The predicted octanol–water partition coefficient (Wildman–Crippen LogP) is 8.42. The lowest BCUT2D eigenvalue weighted by molar-refractivity contribution is 0.387. The van der Waals surface area contributed by atoms with Crippen LogP contribution in [0.3, 0.4) is 0 Å². The Kier molecular flexibility index (Phi) is 6.78. The summed E-state index contributed by atoms with van der Waals surface area (Å²) < 4.78 is 38.9. The van der Waals surface area contributed by atoms with E-state index in [4.69, 9.17) is 30.2 Å². The molecule has 0 atom stereocenters. The Morgan fingerprint density at radius 1 is 0.625 bits per heavy atom. The van der Waals surface area contributed by atoms with Crippen molar-refractivity contribution in [2.75, 3.05) is 21.3 Å². The summed E-state index contributed by atoms with van der Waals surface area (Å²) in [5, 5.41) is 1.89. The molecule has 0 aliphatic heterocycles. The van der Waals surface area contributed by atoms with Crippen LogP contribution in [-0.2, 0) is 0 Å². The van der Waals surface area contributed by atoms with E-state index in [1.54, 1.807) is 62.8 Å². The zero-order valence-electron chi connectivity index (χ0n) is 25.7. The van der Waals surface area contributed by atoms with Gasteiger partial charge in [0.05, 0.1) is 37.9 Å². The number of H-pyrrole nitrogens is 3. The molecule has 0 unspecified atom stereocenters. The summed E-state index contributed by atoms with van der Waals surface area (Å²) in [6, 6.07) is 22.2. The number of hydrogen-bond donors (Lipinski definition) is 3. The summed E-state index contributed by atoms with van der Waals surface area (Å²) in [5.41, 5.74) is 5.53. The number of ether oxygens (including phenoxy) is 3. The lowest BCUT2D eigenvalue weighted by Gasteiger charge is -2.12. The first-order valence-electron chi connectivity index (χ1n) is 14.8. The summed E-state index contributed by atoms with van der Waals surface area (Å²) in [6.07, 6.45) is 0. The molecule has 4 aromatic carbocycles. The molecule has 9 nitrogen and oxygen atoms in total. The normalized spacial score (nSPS) is 11.6. The van der Waals surface area contributed by atoms with Crippen LogP contribution in [-0.4, -0.2) is 36.3 Å². The first-order chi connectivity index (χ1) is 23.3. The van der Waals surface area contributed by atoms with Crippen LogP contribution in [0.25, 0.3) is 77.4 Å². The van der Waals surface area contributed by atoms with Gasteiger partial charge in [0.25, 0.3) is 0 Å². The van der Waals surface area contributed by atoms with Crippen molar-refractivity contribution >= 4 is 55.6 Å². The largest absolute Gasteiger partial charge is 0.497 e. The molecule has 4 aromatic heterocycles. The SMILES string of the molecule is COc1ccc(OC)c(-c2cc(=O)[nH]c3c2oc2cc(-c4cc(OC)c(F)c(-c5cc(=O)[nH]c6c5[nH]c5ccc(Cl)cc56)c4)ccc23)c1. The molecular formula is C37H25ClFN3O6. The second kappa shape index (κ2) is 11.1. The predicted molar refractivity (Wildman–Crippen MR) is 185 cm³/mol. The quantitative estimate of drug-likeness (QED) is 0.164. The molecule has 0 bridgehead atoms. The number of methoxy groups -OCH3 is 3. The minimum atomic E-state index is -0.621. The standard InChI is InChI=1S/C37H25ClFN3O6/c1-45-20-6-9-28(46-2)22(14-20)25-16-32(44)42-36-21-7-4-17(11-29(21)48-37(25)36)18-10-23(33(39)30(12-18)47-3)24-15-31(43)41-35-26-13-19(38)5-8-27(26)40-34(24)35/h4-16,40H,1-3H3,(H,41,43)(H,42,44). The highest BCUT2D eigenvalue weighted by Gasteiger charge is 2.21. The topological polar surface area (TPSA) is 122 Å². The van der Waals surface area contributed by atoms with Gasteiger partial charge in [-0.15, -0.1) is 0 Å². The van der Waals surface area contributed by atoms with E-state index < -0.39 is 11.4 Å². The molecule has 0 aliphatic carbocycles. The molecule has 4 heterocycles. The van der Waals surface area contributed by atoms with Gasteiger partial charge in [0.1, 0.15) is 17.1 Å². The van der Waals surface area contributed by atoms with E-state index in [2.05, 4.69) is 15.0 Å². The third-order valence-corrected chi connectivity index (χ3v) is 8.83. The van der Waals surface area contributed by atoms with Gasteiger partial charge >= 0.3 is 0 Å². The molecule has 0 radical (unpaired) electrons. The highest BCUT2D eigenvalue weighted by Crippen LogP contribution is 2.42. The fraction of sp³-hybridized carbons (Fsp3) is 0.0811. The number of rotatable bonds is 6. The van der Waals surface area contributed by atoms with Crippen molar-refractivity contribution in [3.8, 4) is 50.6 Å². The zero-order chi connectivity index (χ0) is 33.3. The fourth-order valence-corrected chi connectivity index (χ4v) is 6.52. The zero-order valence-corrected chi connectivity index (χ0v) is 26.5. The molecular weight excluding hydrogens is 637 g/mol. The summed E-state index contributed by atoms with van der Waals surface area (Å²) in [6.45, 7) is 0. The maximum Gasteiger partial charge on any atom is 0.249 e. The number of furan rings is 1. The average Bonchev–Trinajstić information content (AvgIpc) is 3.64. The molecule has 8 rings (SSSR count). The maximum absolute atomic E-state index is 16.0. The lowest BCUT2D eigenvalue weighted by atomic mass is 9.97. The Morgan fingerprint density at radius 2 is 1.40 bits per heavy atom. The summed E-state index contributed by atoms with van der Waals surface area (Å²) in [7, 11) is 4.50. The van der Waals surface area contributed by atoms with Crippen LogP contribution >= 0.6 is 11.6 Å². The van der Waals surface area contributed by atoms with E-state index in [1.807, 2.05) is 18.2 Å². The fourth-order valence-electron chi connectivity index (χ4n) is 6.35. The van der Waals surface area contributed by atoms with E-state index in [0.29, 0.717) is 82.8 Å². The molecule has 0 saturated carbocycles. The van der Waals surface area contributed by atoms with Gasteiger partial charge in [-0.25, -0.2) is 4.39 Å². The molecule has 0 saturated heterocycles. The number of aromatic amines is 3. The number of aromatic nitrogens is 3. The van der Waals surface area contributed by atoms with Crippen LogP contribution in [0.15, 0.2) is 92.9 Å². The van der Waals surface area contributed by atoms with E-state index in [0.717, 1.165) is 5.52 Å². The van der Waals surface area contributed by atoms with E-state index >= 15 is 4.39 Å². The molecule has 8 aromatic rings. The van der Waals surface area contributed by atoms with Gasteiger partial charge in [0.15, 0.2) is 17.1 Å². The first-order valence-corrected chi connectivity index (χ1v) is 15.2. The summed E-state index contributed by atoms with van der Waals surface area (Å²) in [5.74, 6) is 0.509. The Morgan fingerprint density at radius 3 is 2.17 bits per heavy atom. The van der Waals surface area contributed by atoms with Crippen molar-refractivity contribution < 1.29 is 23.0 Å². The minimum Gasteiger partial charge on any atom is -0.497 e. The number of pyridine rings is 2. The summed E-state index contributed by atoms with van der Waals surface area (Å²) >= 11 is 6.25. The highest BCUT2D eigenvalue weighted by atomic mass is 35.5. The van der Waals surface area contributed by atoms with Crippen molar-refractivity contribution in [3.63, 3.8) is 0 Å². The number of nitrogens with one attached hydrogen (secondary N) is 3.